The molecule has 0 fully saturated rings. The van der Waals surface area contributed by atoms with Gasteiger partial charge in [-0.1, -0.05) is 0 Å². The van der Waals surface area contributed by atoms with E-state index >= 15 is 0 Å². The van der Waals surface area contributed by atoms with Gasteiger partial charge in [-0.15, -0.1) is 0 Å². The normalized spacial score (nSPS) is 19.1. The van der Waals surface area contributed by atoms with Crippen LogP contribution >= 0.6 is 5.37 Å². The predicted molar refractivity (Wildman–Crippen MR) is 93.6 cm³/mol. The summed E-state index contributed by atoms with van der Waals surface area (Å²) in [7, 11) is 0. The summed E-state index contributed by atoms with van der Waals surface area (Å²) in [5, 5.41) is 4.21. The molecule has 0 saturated carbocycles. The third-order valence-electron chi connectivity index (χ3n) is 5.19. The summed E-state index contributed by atoms with van der Waals surface area (Å²) in [6.07, 6.45) is 2.53. The Labute approximate surface area is 128 Å². The van der Waals surface area contributed by atoms with E-state index in [0.717, 1.165) is 11.3 Å². The fourth-order valence-electron chi connectivity index (χ4n) is 4.29. The van der Waals surface area contributed by atoms with Gasteiger partial charge in [0.25, 0.3) is 0 Å². The van der Waals surface area contributed by atoms with Crippen molar-refractivity contribution >= 4 is 40.6 Å². The first-order valence-electron chi connectivity index (χ1n) is 7.75. The number of hydrogen-bond acceptors (Lipinski definition) is 0. The summed E-state index contributed by atoms with van der Waals surface area (Å²) in [6.45, 7) is 9.93. The SMILES string of the molecule is CC(C)P1(C(C)C)=[As]c2ccc3c4c(ccc1c24)CC3. The molecule has 20 heavy (non-hydrogen) atoms. The Morgan fingerprint density at radius 1 is 0.850 bits per heavy atom. The van der Waals surface area contributed by atoms with E-state index in [2.05, 4.69) is 52.0 Å². The van der Waals surface area contributed by atoms with Gasteiger partial charge in [-0.05, 0) is 0 Å². The summed E-state index contributed by atoms with van der Waals surface area (Å²) in [5.41, 5.74) is 4.92. The average molecular weight is 344 g/mol. The maximum absolute atomic E-state index is 2.53. The minimum absolute atomic E-state index is 0.344. The number of benzene rings is 2. The van der Waals surface area contributed by atoms with Crippen molar-refractivity contribution in [2.24, 2.45) is 0 Å². The molecule has 1 aliphatic heterocycles. The van der Waals surface area contributed by atoms with Gasteiger partial charge in [0, 0.05) is 0 Å². The Balaban J connectivity index is 2.17. The van der Waals surface area contributed by atoms with Crippen LogP contribution in [0.4, 0.5) is 0 Å². The zero-order valence-electron chi connectivity index (χ0n) is 12.8. The van der Waals surface area contributed by atoms with Crippen LogP contribution in [0.5, 0.6) is 0 Å². The van der Waals surface area contributed by atoms with Crippen LogP contribution in [0.3, 0.4) is 0 Å². The second-order valence-electron chi connectivity index (χ2n) is 6.76. The van der Waals surface area contributed by atoms with Gasteiger partial charge >= 0.3 is 128 Å². The van der Waals surface area contributed by atoms with Crippen molar-refractivity contribution in [3.63, 3.8) is 0 Å². The summed E-state index contributed by atoms with van der Waals surface area (Å²) in [4.78, 5) is 0. The molecular formula is C18H22AsP. The van der Waals surface area contributed by atoms with Crippen molar-refractivity contribution < 1.29 is 0 Å². The van der Waals surface area contributed by atoms with E-state index in [1.54, 1.807) is 31.6 Å². The standard InChI is InChI=1S/C18H22AsP/c1-11(2)20(12(3)4)16-10-8-14-6-5-13-7-9-15(19-20)18(16)17(13)14/h7-12H,5-6H2,1-4H3. The first kappa shape index (κ1) is 13.4. The van der Waals surface area contributed by atoms with Gasteiger partial charge in [-0.3, -0.25) is 0 Å². The quantitative estimate of drug-likeness (QED) is 0.576. The molecule has 2 aromatic rings. The summed E-state index contributed by atoms with van der Waals surface area (Å²) < 4.78 is 1.74. The van der Waals surface area contributed by atoms with E-state index in [1.807, 2.05) is 0 Å². The molecule has 0 bridgehead atoms. The van der Waals surface area contributed by atoms with Gasteiger partial charge in [0.1, 0.15) is 0 Å². The van der Waals surface area contributed by atoms with Crippen LogP contribution in [-0.2, 0) is 12.8 Å². The van der Waals surface area contributed by atoms with Crippen molar-refractivity contribution in [1.82, 2.24) is 0 Å². The number of hydrogen-bond donors (Lipinski definition) is 0. The Hall–Kier alpha value is -0.312. The van der Waals surface area contributed by atoms with Gasteiger partial charge in [-0.25, -0.2) is 0 Å². The van der Waals surface area contributed by atoms with Crippen LogP contribution in [0, 0.1) is 0 Å². The zero-order valence-corrected chi connectivity index (χ0v) is 15.5. The van der Waals surface area contributed by atoms with Crippen molar-refractivity contribution in [2.45, 2.75) is 51.9 Å². The molecule has 1 aliphatic carbocycles. The molecule has 1 heterocycles. The van der Waals surface area contributed by atoms with E-state index in [4.69, 9.17) is 0 Å². The molecule has 0 aromatic heterocycles. The minimum atomic E-state index is -0.967. The number of aryl methyl sites for hydroxylation is 2. The fraction of sp³-hybridized carbons (Fsp3) is 0.444. The van der Waals surface area contributed by atoms with Gasteiger partial charge in [-0.2, -0.15) is 0 Å². The third kappa shape index (κ3) is 1.48. The van der Waals surface area contributed by atoms with Gasteiger partial charge in [0.15, 0.2) is 0 Å². The first-order valence-corrected chi connectivity index (χ1v) is 13.1. The topological polar surface area (TPSA) is 0 Å². The van der Waals surface area contributed by atoms with E-state index in [9.17, 15) is 0 Å². The predicted octanol–water partition coefficient (Wildman–Crippen LogP) is 3.66. The van der Waals surface area contributed by atoms with Crippen LogP contribution in [0.25, 0.3) is 10.8 Å². The summed E-state index contributed by atoms with van der Waals surface area (Å²) >= 11 is 0.344. The van der Waals surface area contributed by atoms with E-state index in [0.29, 0.717) is 14.8 Å². The molecule has 4 rings (SSSR count). The molecular weight excluding hydrogens is 322 g/mol. The molecule has 2 heteroatoms. The van der Waals surface area contributed by atoms with Crippen molar-refractivity contribution in [3.8, 4) is 0 Å². The summed E-state index contributed by atoms with van der Waals surface area (Å²) in [6, 6.07) is 9.92. The van der Waals surface area contributed by atoms with Gasteiger partial charge in [0.2, 0.25) is 0 Å². The molecule has 0 nitrogen and oxygen atoms in total. The molecule has 0 amide bonds. The van der Waals surface area contributed by atoms with E-state index in [-0.39, 0.29) is 0 Å². The number of rotatable bonds is 2. The second kappa shape index (κ2) is 4.34. The molecule has 0 spiro atoms. The zero-order chi connectivity index (χ0) is 14.1. The van der Waals surface area contributed by atoms with Gasteiger partial charge in [0.05, 0.1) is 0 Å². The first-order chi connectivity index (χ1) is 9.55. The van der Waals surface area contributed by atoms with Gasteiger partial charge < -0.3 is 0 Å². The van der Waals surface area contributed by atoms with Crippen LogP contribution in [0.1, 0.15) is 38.8 Å². The van der Waals surface area contributed by atoms with Crippen LogP contribution in [0.15, 0.2) is 24.3 Å². The molecule has 2 aliphatic rings. The Bertz CT molecular complexity index is 761. The Kier molecular flexibility index (Phi) is 2.90. The third-order valence-corrected chi connectivity index (χ3v) is 21.4. The van der Waals surface area contributed by atoms with Crippen molar-refractivity contribution in [3.05, 3.63) is 35.4 Å². The second-order valence-corrected chi connectivity index (χ2v) is 17.4. The molecule has 104 valence electrons. The molecule has 0 saturated heterocycles. The van der Waals surface area contributed by atoms with Crippen LogP contribution in [0.2, 0.25) is 0 Å². The molecule has 0 N–H and O–H groups in total. The molecule has 0 radical (unpaired) electrons. The fourth-order valence-corrected chi connectivity index (χ4v) is 17.4. The molecule has 0 unspecified atom stereocenters. The Morgan fingerprint density at radius 2 is 1.45 bits per heavy atom. The molecule has 0 atom stereocenters. The van der Waals surface area contributed by atoms with E-state index in [1.165, 1.54) is 12.8 Å². The van der Waals surface area contributed by atoms with Crippen LogP contribution < -0.4 is 9.66 Å². The monoisotopic (exact) mass is 344 g/mol. The summed E-state index contributed by atoms with van der Waals surface area (Å²) in [5.74, 6) is 0. The van der Waals surface area contributed by atoms with Crippen molar-refractivity contribution in [2.75, 3.05) is 0 Å². The van der Waals surface area contributed by atoms with E-state index < -0.39 is 5.37 Å². The van der Waals surface area contributed by atoms with Crippen LogP contribution in [-0.4, -0.2) is 26.1 Å². The van der Waals surface area contributed by atoms with Crippen molar-refractivity contribution in [1.29, 1.82) is 0 Å². The Morgan fingerprint density at radius 3 is 2.05 bits per heavy atom. The molecule has 2 aromatic carbocycles. The average Bonchev–Trinajstić information content (AvgIpc) is 2.95. The maximum atomic E-state index is 2.53.